The molecule has 1 heterocycles. The molecule has 2 aliphatic carbocycles. The number of aryl methyl sites for hydroxylation is 2. The first kappa shape index (κ1) is 11.2. The van der Waals surface area contributed by atoms with Crippen LogP contribution >= 0.6 is 0 Å². The minimum Gasteiger partial charge on any atom is -0.388 e. The van der Waals surface area contributed by atoms with Crippen LogP contribution in [-0.4, -0.2) is 10.1 Å². The number of fused-ring (bicyclic) bond motifs is 2. The molecule has 0 aromatic carbocycles. The highest BCUT2D eigenvalue weighted by molar-refractivity contribution is 5.25. The summed E-state index contributed by atoms with van der Waals surface area (Å²) in [4.78, 5) is 4.47. The molecule has 0 amide bonds. The third-order valence-electron chi connectivity index (χ3n) is 4.78. The topological polar surface area (TPSA) is 33.1 Å². The second kappa shape index (κ2) is 4.09. The standard InChI is InChI=1S/C15H21NO/c1-9-3-6-13(10(2)16-9)15(17)14-8-11-4-5-12(14)7-11/h3,6,11-12,14-15,17H,4-5,7-8H2,1-2H3. The van der Waals surface area contributed by atoms with Gasteiger partial charge < -0.3 is 5.11 Å². The predicted molar refractivity (Wildman–Crippen MR) is 67.6 cm³/mol. The fourth-order valence-corrected chi connectivity index (χ4v) is 3.92. The highest BCUT2D eigenvalue weighted by atomic mass is 16.3. The molecule has 0 aliphatic heterocycles. The predicted octanol–water partition coefficient (Wildman–Crippen LogP) is 3.17. The van der Waals surface area contributed by atoms with Crippen LogP contribution in [0, 0.1) is 31.6 Å². The third kappa shape index (κ3) is 1.89. The number of aromatic nitrogens is 1. The van der Waals surface area contributed by atoms with Crippen molar-refractivity contribution in [2.75, 3.05) is 0 Å². The van der Waals surface area contributed by atoms with Crippen LogP contribution in [0.4, 0.5) is 0 Å². The van der Waals surface area contributed by atoms with E-state index < -0.39 is 0 Å². The second-order valence-electron chi connectivity index (χ2n) is 5.91. The van der Waals surface area contributed by atoms with E-state index in [1.54, 1.807) is 0 Å². The maximum atomic E-state index is 10.6. The Labute approximate surface area is 103 Å². The first-order valence-electron chi connectivity index (χ1n) is 6.77. The quantitative estimate of drug-likeness (QED) is 0.848. The molecule has 2 heteroatoms. The van der Waals surface area contributed by atoms with Gasteiger partial charge in [-0.05, 0) is 56.9 Å². The summed E-state index contributed by atoms with van der Waals surface area (Å²) in [5.74, 6) is 2.13. The minimum absolute atomic E-state index is 0.293. The largest absolute Gasteiger partial charge is 0.388 e. The van der Waals surface area contributed by atoms with Gasteiger partial charge in [0.15, 0.2) is 0 Å². The van der Waals surface area contributed by atoms with E-state index in [0.717, 1.165) is 28.8 Å². The zero-order valence-corrected chi connectivity index (χ0v) is 10.7. The minimum atomic E-state index is -0.293. The van der Waals surface area contributed by atoms with Gasteiger partial charge in [0.1, 0.15) is 0 Å². The SMILES string of the molecule is Cc1ccc(C(O)C2CC3CCC2C3)c(C)n1. The lowest BCUT2D eigenvalue weighted by Gasteiger charge is -2.27. The lowest BCUT2D eigenvalue weighted by molar-refractivity contribution is 0.0736. The van der Waals surface area contributed by atoms with Crippen molar-refractivity contribution in [1.29, 1.82) is 0 Å². The van der Waals surface area contributed by atoms with Gasteiger partial charge in [0.05, 0.1) is 6.10 Å². The maximum Gasteiger partial charge on any atom is 0.0838 e. The fourth-order valence-electron chi connectivity index (χ4n) is 3.92. The lowest BCUT2D eigenvalue weighted by Crippen LogP contribution is -2.20. The fraction of sp³-hybridized carbons (Fsp3) is 0.667. The van der Waals surface area contributed by atoms with Crippen molar-refractivity contribution in [3.63, 3.8) is 0 Å². The molecule has 0 spiro atoms. The first-order chi connectivity index (χ1) is 8.15. The summed E-state index contributed by atoms with van der Waals surface area (Å²) in [6, 6.07) is 4.08. The molecule has 1 N–H and O–H groups in total. The summed E-state index contributed by atoms with van der Waals surface area (Å²) >= 11 is 0. The van der Waals surface area contributed by atoms with E-state index in [2.05, 4.69) is 11.1 Å². The molecule has 2 bridgehead atoms. The zero-order chi connectivity index (χ0) is 12.0. The van der Waals surface area contributed by atoms with Crippen molar-refractivity contribution in [3.05, 3.63) is 29.1 Å². The number of aliphatic hydroxyl groups is 1. The highest BCUT2D eigenvalue weighted by Gasteiger charge is 2.43. The molecule has 92 valence electrons. The Morgan fingerprint density at radius 2 is 2.06 bits per heavy atom. The van der Waals surface area contributed by atoms with Crippen LogP contribution in [0.3, 0.4) is 0 Å². The molecule has 2 aliphatic rings. The molecule has 2 saturated carbocycles. The van der Waals surface area contributed by atoms with Gasteiger partial charge in [-0.2, -0.15) is 0 Å². The third-order valence-corrected chi connectivity index (χ3v) is 4.78. The summed E-state index contributed by atoms with van der Waals surface area (Å²) in [7, 11) is 0. The Bertz CT molecular complexity index is 429. The lowest BCUT2D eigenvalue weighted by atomic mass is 9.82. The summed E-state index contributed by atoms with van der Waals surface area (Å²) in [6.07, 6.45) is 4.99. The van der Waals surface area contributed by atoms with Crippen molar-refractivity contribution in [2.24, 2.45) is 17.8 Å². The Hall–Kier alpha value is -0.890. The first-order valence-corrected chi connectivity index (χ1v) is 6.77. The van der Waals surface area contributed by atoms with E-state index in [4.69, 9.17) is 0 Å². The molecule has 2 fully saturated rings. The monoisotopic (exact) mass is 231 g/mol. The smallest absolute Gasteiger partial charge is 0.0838 e. The van der Waals surface area contributed by atoms with Gasteiger partial charge in [-0.3, -0.25) is 4.98 Å². The molecule has 1 aromatic rings. The molecule has 3 rings (SSSR count). The van der Waals surface area contributed by atoms with Crippen LogP contribution < -0.4 is 0 Å². The van der Waals surface area contributed by atoms with E-state index in [0.29, 0.717) is 5.92 Å². The van der Waals surface area contributed by atoms with Gasteiger partial charge >= 0.3 is 0 Å². The average Bonchev–Trinajstić information content (AvgIpc) is 2.89. The van der Waals surface area contributed by atoms with Crippen molar-refractivity contribution >= 4 is 0 Å². The number of aliphatic hydroxyl groups excluding tert-OH is 1. The molecule has 0 radical (unpaired) electrons. The molecule has 4 atom stereocenters. The average molecular weight is 231 g/mol. The van der Waals surface area contributed by atoms with E-state index in [-0.39, 0.29) is 6.10 Å². The zero-order valence-electron chi connectivity index (χ0n) is 10.7. The van der Waals surface area contributed by atoms with Crippen LogP contribution in [0.15, 0.2) is 12.1 Å². The normalized spacial score (nSPS) is 33.0. The highest BCUT2D eigenvalue weighted by Crippen LogP contribution is 2.52. The number of nitrogens with zero attached hydrogens (tertiary/aromatic N) is 1. The van der Waals surface area contributed by atoms with E-state index in [9.17, 15) is 5.11 Å². The maximum absolute atomic E-state index is 10.6. The van der Waals surface area contributed by atoms with Crippen LogP contribution in [-0.2, 0) is 0 Å². The van der Waals surface area contributed by atoms with Crippen LogP contribution in [0.2, 0.25) is 0 Å². The van der Waals surface area contributed by atoms with Crippen molar-refractivity contribution < 1.29 is 5.11 Å². The Morgan fingerprint density at radius 1 is 1.24 bits per heavy atom. The molecule has 17 heavy (non-hydrogen) atoms. The van der Waals surface area contributed by atoms with E-state index in [1.807, 2.05) is 19.9 Å². The van der Waals surface area contributed by atoms with Gasteiger partial charge in [-0.25, -0.2) is 0 Å². The number of rotatable bonds is 2. The number of hydrogen-bond donors (Lipinski definition) is 1. The van der Waals surface area contributed by atoms with Gasteiger partial charge in [-0.1, -0.05) is 12.5 Å². The number of pyridine rings is 1. The second-order valence-corrected chi connectivity index (χ2v) is 5.91. The van der Waals surface area contributed by atoms with E-state index in [1.165, 1.54) is 25.7 Å². The summed E-state index contributed by atoms with van der Waals surface area (Å²) in [6.45, 7) is 4.01. The van der Waals surface area contributed by atoms with E-state index >= 15 is 0 Å². The van der Waals surface area contributed by atoms with Gasteiger partial charge in [0.25, 0.3) is 0 Å². The van der Waals surface area contributed by atoms with Crippen molar-refractivity contribution in [3.8, 4) is 0 Å². The van der Waals surface area contributed by atoms with Crippen LogP contribution in [0.5, 0.6) is 0 Å². The van der Waals surface area contributed by atoms with Crippen LogP contribution in [0.1, 0.15) is 48.7 Å². The summed E-state index contributed by atoms with van der Waals surface area (Å²) < 4.78 is 0. The van der Waals surface area contributed by atoms with Gasteiger partial charge in [0.2, 0.25) is 0 Å². The molecule has 2 nitrogen and oxygen atoms in total. The van der Waals surface area contributed by atoms with Gasteiger partial charge in [0, 0.05) is 17.0 Å². The summed E-state index contributed by atoms with van der Waals surface area (Å²) in [5.41, 5.74) is 3.08. The molecular weight excluding hydrogens is 210 g/mol. The number of hydrogen-bond acceptors (Lipinski definition) is 2. The Balaban J connectivity index is 1.84. The molecule has 4 unspecified atom stereocenters. The molecule has 1 aromatic heterocycles. The Kier molecular flexibility index (Phi) is 2.70. The van der Waals surface area contributed by atoms with Crippen molar-refractivity contribution in [2.45, 2.75) is 45.6 Å². The van der Waals surface area contributed by atoms with Gasteiger partial charge in [-0.15, -0.1) is 0 Å². The van der Waals surface area contributed by atoms with Crippen LogP contribution in [0.25, 0.3) is 0 Å². The molecular formula is C15H21NO. The Morgan fingerprint density at radius 3 is 2.65 bits per heavy atom. The molecule has 0 saturated heterocycles. The summed E-state index contributed by atoms with van der Waals surface area (Å²) in [5, 5.41) is 10.6. The van der Waals surface area contributed by atoms with Crippen molar-refractivity contribution in [1.82, 2.24) is 4.98 Å².